The number of amides is 1. The number of aromatic nitrogens is 1. The van der Waals surface area contributed by atoms with Crippen molar-refractivity contribution in [2.75, 3.05) is 6.54 Å². The molecule has 0 aliphatic carbocycles. The number of hydrogen-bond donors (Lipinski definition) is 2. The third kappa shape index (κ3) is 8.02. The van der Waals surface area contributed by atoms with E-state index in [-0.39, 0.29) is 12.3 Å². The fourth-order valence-corrected chi connectivity index (χ4v) is 1.67. The molecule has 0 aliphatic rings. The SMILES string of the molecule is O=C(O)CCCCCCNC(=O)/C=C/c1cccnc1. The summed E-state index contributed by atoms with van der Waals surface area (Å²) in [7, 11) is 0. The van der Waals surface area contributed by atoms with Gasteiger partial charge in [0.05, 0.1) is 0 Å². The van der Waals surface area contributed by atoms with E-state index in [9.17, 15) is 9.59 Å². The Bertz CT molecular complexity index is 444. The molecule has 0 aromatic carbocycles. The maximum absolute atomic E-state index is 11.5. The van der Waals surface area contributed by atoms with Gasteiger partial charge < -0.3 is 10.4 Å². The monoisotopic (exact) mass is 276 g/mol. The van der Waals surface area contributed by atoms with Crippen molar-refractivity contribution in [3.63, 3.8) is 0 Å². The van der Waals surface area contributed by atoms with Crippen LogP contribution in [0.3, 0.4) is 0 Å². The smallest absolute Gasteiger partial charge is 0.303 e. The molecule has 0 spiro atoms. The molecular weight excluding hydrogens is 256 g/mol. The van der Waals surface area contributed by atoms with Crippen LogP contribution in [0, 0.1) is 0 Å². The summed E-state index contributed by atoms with van der Waals surface area (Å²) in [5.74, 6) is -0.877. The molecule has 5 heteroatoms. The first-order chi connectivity index (χ1) is 9.68. The van der Waals surface area contributed by atoms with Gasteiger partial charge in [0.1, 0.15) is 0 Å². The number of hydrogen-bond acceptors (Lipinski definition) is 3. The lowest BCUT2D eigenvalue weighted by molar-refractivity contribution is -0.137. The zero-order chi connectivity index (χ0) is 14.6. The molecular formula is C15H20N2O3. The number of rotatable bonds is 9. The highest BCUT2D eigenvalue weighted by atomic mass is 16.4. The third-order valence-electron chi connectivity index (χ3n) is 2.73. The Labute approximate surface area is 118 Å². The standard InChI is InChI=1S/C15H20N2O3/c18-14(9-8-13-6-5-10-16-12-13)17-11-4-2-1-3-7-15(19)20/h5-6,8-10,12H,1-4,7,11H2,(H,17,18)(H,19,20)/b9-8+. The molecule has 0 saturated carbocycles. The molecule has 1 rings (SSSR count). The zero-order valence-corrected chi connectivity index (χ0v) is 11.4. The van der Waals surface area contributed by atoms with E-state index in [1.807, 2.05) is 12.1 Å². The van der Waals surface area contributed by atoms with Crippen molar-refractivity contribution in [3.05, 3.63) is 36.2 Å². The number of pyridine rings is 1. The number of unbranched alkanes of at least 4 members (excludes halogenated alkanes) is 3. The predicted octanol–water partition coefficient (Wildman–Crippen LogP) is 2.25. The molecule has 5 nitrogen and oxygen atoms in total. The van der Waals surface area contributed by atoms with Crippen LogP contribution in [-0.2, 0) is 9.59 Å². The van der Waals surface area contributed by atoms with E-state index in [1.54, 1.807) is 18.5 Å². The Morgan fingerprint density at radius 1 is 1.25 bits per heavy atom. The van der Waals surface area contributed by atoms with Crippen molar-refractivity contribution in [2.45, 2.75) is 32.1 Å². The number of nitrogens with zero attached hydrogens (tertiary/aromatic N) is 1. The molecule has 0 unspecified atom stereocenters. The molecule has 1 aromatic rings. The van der Waals surface area contributed by atoms with Gasteiger partial charge in [-0.15, -0.1) is 0 Å². The van der Waals surface area contributed by atoms with Gasteiger partial charge in [-0.2, -0.15) is 0 Å². The fourth-order valence-electron chi connectivity index (χ4n) is 1.67. The van der Waals surface area contributed by atoms with Crippen LogP contribution in [0.2, 0.25) is 0 Å². The first-order valence-corrected chi connectivity index (χ1v) is 6.76. The van der Waals surface area contributed by atoms with E-state index in [0.717, 1.165) is 24.8 Å². The first-order valence-electron chi connectivity index (χ1n) is 6.76. The van der Waals surface area contributed by atoms with Crippen LogP contribution in [0.1, 0.15) is 37.7 Å². The molecule has 1 aromatic heterocycles. The molecule has 0 fully saturated rings. The summed E-state index contributed by atoms with van der Waals surface area (Å²) in [6.07, 6.45) is 10.2. The Hall–Kier alpha value is -2.17. The fraction of sp³-hybridized carbons (Fsp3) is 0.400. The third-order valence-corrected chi connectivity index (χ3v) is 2.73. The molecule has 0 aliphatic heterocycles. The van der Waals surface area contributed by atoms with Gasteiger partial charge in [0.15, 0.2) is 0 Å². The molecule has 1 heterocycles. The van der Waals surface area contributed by atoms with Crippen LogP contribution >= 0.6 is 0 Å². The minimum atomic E-state index is -0.751. The van der Waals surface area contributed by atoms with Gasteiger partial charge in [-0.3, -0.25) is 14.6 Å². The van der Waals surface area contributed by atoms with Crippen molar-refractivity contribution in [2.24, 2.45) is 0 Å². The van der Waals surface area contributed by atoms with Gasteiger partial charge in [-0.05, 0) is 30.5 Å². The van der Waals surface area contributed by atoms with Crippen LogP contribution in [0.15, 0.2) is 30.6 Å². The molecule has 2 N–H and O–H groups in total. The molecule has 0 radical (unpaired) electrons. The second kappa shape index (κ2) is 9.72. The van der Waals surface area contributed by atoms with Gasteiger partial charge in [0.2, 0.25) is 5.91 Å². The number of carboxylic acid groups (broad SMARTS) is 1. The summed E-state index contributed by atoms with van der Waals surface area (Å²) in [6.45, 7) is 0.614. The largest absolute Gasteiger partial charge is 0.481 e. The topological polar surface area (TPSA) is 79.3 Å². The highest BCUT2D eigenvalue weighted by molar-refractivity contribution is 5.91. The summed E-state index contributed by atoms with van der Waals surface area (Å²) < 4.78 is 0. The highest BCUT2D eigenvalue weighted by Gasteiger charge is 1.97. The second-order valence-electron chi connectivity index (χ2n) is 4.47. The van der Waals surface area contributed by atoms with Gasteiger partial charge in [-0.25, -0.2) is 0 Å². The molecule has 0 bridgehead atoms. The van der Waals surface area contributed by atoms with Crippen LogP contribution < -0.4 is 5.32 Å². The van der Waals surface area contributed by atoms with E-state index >= 15 is 0 Å². The predicted molar refractivity (Wildman–Crippen MR) is 77.0 cm³/mol. The van der Waals surface area contributed by atoms with Gasteiger partial charge in [0, 0.05) is 31.4 Å². The van der Waals surface area contributed by atoms with Crippen molar-refractivity contribution in [3.8, 4) is 0 Å². The summed E-state index contributed by atoms with van der Waals surface area (Å²) >= 11 is 0. The number of carbonyl (C=O) groups is 2. The van der Waals surface area contributed by atoms with Gasteiger partial charge in [-0.1, -0.05) is 18.9 Å². The number of aliphatic carboxylic acids is 1. The number of carbonyl (C=O) groups excluding carboxylic acids is 1. The maximum atomic E-state index is 11.5. The lowest BCUT2D eigenvalue weighted by Crippen LogP contribution is -2.21. The van der Waals surface area contributed by atoms with E-state index in [4.69, 9.17) is 5.11 Å². The Kier molecular flexibility index (Phi) is 7.72. The minimum absolute atomic E-state index is 0.126. The lowest BCUT2D eigenvalue weighted by Gasteiger charge is -2.02. The Morgan fingerprint density at radius 2 is 2.05 bits per heavy atom. The maximum Gasteiger partial charge on any atom is 0.303 e. The number of nitrogens with one attached hydrogen (secondary N) is 1. The number of carboxylic acids is 1. The summed E-state index contributed by atoms with van der Waals surface area (Å²) in [6, 6.07) is 3.69. The highest BCUT2D eigenvalue weighted by Crippen LogP contribution is 2.02. The summed E-state index contributed by atoms with van der Waals surface area (Å²) in [5.41, 5.74) is 0.885. The molecule has 20 heavy (non-hydrogen) atoms. The van der Waals surface area contributed by atoms with Crippen molar-refractivity contribution in [1.29, 1.82) is 0 Å². The molecule has 0 atom stereocenters. The van der Waals surface area contributed by atoms with Crippen LogP contribution in [0.4, 0.5) is 0 Å². The van der Waals surface area contributed by atoms with E-state index in [2.05, 4.69) is 10.3 Å². The minimum Gasteiger partial charge on any atom is -0.481 e. The lowest BCUT2D eigenvalue weighted by atomic mass is 10.1. The van der Waals surface area contributed by atoms with Crippen LogP contribution in [0.25, 0.3) is 6.08 Å². The normalized spacial score (nSPS) is 10.6. The van der Waals surface area contributed by atoms with Crippen molar-refractivity contribution in [1.82, 2.24) is 10.3 Å². The molecule has 1 amide bonds. The zero-order valence-electron chi connectivity index (χ0n) is 11.4. The summed E-state index contributed by atoms with van der Waals surface area (Å²) in [5, 5.41) is 11.3. The van der Waals surface area contributed by atoms with Gasteiger partial charge >= 0.3 is 5.97 Å². The Morgan fingerprint density at radius 3 is 2.75 bits per heavy atom. The first kappa shape index (κ1) is 15.9. The summed E-state index contributed by atoms with van der Waals surface area (Å²) in [4.78, 5) is 25.8. The van der Waals surface area contributed by atoms with E-state index in [0.29, 0.717) is 13.0 Å². The van der Waals surface area contributed by atoms with Crippen molar-refractivity contribution < 1.29 is 14.7 Å². The molecule has 108 valence electrons. The second-order valence-corrected chi connectivity index (χ2v) is 4.47. The van der Waals surface area contributed by atoms with Gasteiger partial charge in [0.25, 0.3) is 0 Å². The Balaban J connectivity index is 2.06. The average molecular weight is 276 g/mol. The van der Waals surface area contributed by atoms with E-state index < -0.39 is 5.97 Å². The molecule has 0 saturated heterocycles. The van der Waals surface area contributed by atoms with E-state index in [1.165, 1.54) is 6.08 Å². The van der Waals surface area contributed by atoms with Crippen LogP contribution in [-0.4, -0.2) is 28.5 Å². The van der Waals surface area contributed by atoms with Crippen molar-refractivity contribution >= 4 is 18.0 Å². The van der Waals surface area contributed by atoms with Crippen LogP contribution in [0.5, 0.6) is 0 Å². The average Bonchev–Trinajstić information content (AvgIpc) is 2.45. The quantitative estimate of drug-likeness (QED) is 0.535.